The molecule has 1 rings (SSSR count). The fourth-order valence-electron chi connectivity index (χ4n) is 0.999. The molecule has 0 spiro atoms. The number of halogens is 1. The van der Waals surface area contributed by atoms with Gasteiger partial charge in [-0.25, -0.2) is 9.97 Å². The smallest absolute Gasteiger partial charge is 0.224 e. The monoisotopic (exact) mass is 229 g/mol. The summed E-state index contributed by atoms with van der Waals surface area (Å²) in [7, 11) is 0. The number of anilines is 1. The fraction of sp³-hybridized carbons (Fsp3) is 0.600. The Morgan fingerprint density at radius 1 is 1.60 bits per heavy atom. The minimum absolute atomic E-state index is 0.208. The normalized spacial score (nSPS) is 14.7. The molecular weight excluding hydrogens is 214 g/mol. The van der Waals surface area contributed by atoms with Crippen molar-refractivity contribution in [1.29, 1.82) is 0 Å². The Morgan fingerprint density at radius 3 is 2.87 bits per heavy atom. The first-order valence-electron chi connectivity index (χ1n) is 4.90. The highest BCUT2D eigenvalue weighted by atomic mass is 35.5. The zero-order valence-corrected chi connectivity index (χ0v) is 9.97. The van der Waals surface area contributed by atoms with E-state index in [2.05, 4.69) is 15.3 Å². The predicted molar refractivity (Wildman–Crippen MR) is 61.2 cm³/mol. The van der Waals surface area contributed by atoms with Crippen LogP contribution < -0.4 is 5.32 Å². The summed E-state index contributed by atoms with van der Waals surface area (Å²) in [6.07, 6.45) is 2.33. The summed E-state index contributed by atoms with van der Waals surface area (Å²) in [5, 5.41) is 13.1. The van der Waals surface area contributed by atoms with E-state index < -0.39 is 5.60 Å². The lowest BCUT2D eigenvalue weighted by Crippen LogP contribution is -2.32. The van der Waals surface area contributed by atoms with Crippen molar-refractivity contribution in [3.63, 3.8) is 0 Å². The van der Waals surface area contributed by atoms with Gasteiger partial charge in [-0.2, -0.15) is 0 Å². The summed E-state index contributed by atoms with van der Waals surface area (Å²) >= 11 is 5.68. The van der Waals surface area contributed by atoms with Crippen LogP contribution >= 0.6 is 11.6 Å². The number of nitrogens with one attached hydrogen (secondary N) is 1. The van der Waals surface area contributed by atoms with Crippen molar-refractivity contribution >= 4 is 17.4 Å². The summed E-state index contributed by atoms with van der Waals surface area (Å²) in [5.41, 5.74) is 0.176. The van der Waals surface area contributed by atoms with Crippen LogP contribution in [0, 0.1) is 6.92 Å². The SMILES string of the molecule is CCC(C)(O)CNc1nc(Cl)ncc1C. The molecule has 84 valence electrons. The van der Waals surface area contributed by atoms with Crippen molar-refractivity contribution < 1.29 is 5.11 Å². The highest BCUT2D eigenvalue weighted by Gasteiger charge is 2.17. The first-order chi connectivity index (χ1) is 6.94. The highest BCUT2D eigenvalue weighted by molar-refractivity contribution is 6.28. The van der Waals surface area contributed by atoms with Gasteiger partial charge in [0, 0.05) is 18.3 Å². The molecule has 1 unspecified atom stereocenters. The molecular formula is C10H16ClN3O. The van der Waals surface area contributed by atoms with Gasteiger partial charge < -0.3 is 10.4 Å². The van der Waals surface area contributed by atoms with Gasteiger partial charge in [0.1, 0.15) is 5.82 Å². The maximum atomic E-state index is 9.81. The molecule has 0 bridgehead atoms. The summed E-state index contributed by atoms with van der Waals surface area (Å²) < 4.78 is 0. The number of nitrogens with zero attached hydrogens (tertiary/aromatic N) is 2. The van der Waals surface area contributed by atoms with E-state index in [9.17, 15) is 5.11 Å². The van der Waals surface area contributed by atoms with Crippen molar-refractivity contribution in [2.75, 3.05) is 11.9 Å². The minimum atomic E-state index is -0.732. The van der Waals surface area contributed by atoms with Gasteiger partial charge in [0.05, 0.1) is 5.60 Å². The Kier molecular flexibility index (Phi) is 3.88. The first kappa shape index (κ1) is 12.2. The molecule has 0 saturated heterocycles. The number of aryl methyl sites for hydroxylation is 1. The van der Waals surface area contributed by atoms with E-state index in [0.29, 0.717) is 18.8 Å². The lowest BCUT2D eigenvalue weighted by atomic mass is 10.0. The van der Waals surface area contributed by atoms with E-state index in [1.54, 1.807) is 13.1 Å². The predicted octanol–water partition coefficient (Wildman–Crippen LogP) is 2.01. The molecule has 1 heterocycles. The van der Waals surface area contributed by atoms with Gasteiger partial charge in [-0.1, -0.05) is 6.92 Å². The van der Waals surface area contributed by atoms with Crippen LogP contribution in [0.2, 0.25) is 5.28 Å². The van der Waals surface area contributed by atoms with Crippen molar-refractivity contribution in [3.8, 4) is 0 Å². The minimum Gasteiger partial charge on any atom is -0.388 e. The largest absolute Gasteiger partial charge is 0.388 e. The van der Waals surface area contributed by atoms with Crippen LogP contribution in [0.25, 0.3) is 0 Å². The zero-order chi connectivity index (χ0) is 11.5. The van der Waals surface area contributed by atoms with E-state index in [4.69, 9.17) is 11.6 Å². The van der Waals surface area contributed by atoms with Gasteiger partial charge in [-0.15, -0.1) is 0 Å². The van der Waals surface area contributed by atoms with E-state index in [-0.39, 0.29) is 5.28 Å². The van der Waals surface area contributed by atoms with Gasteiger partial charge in [-0.05, 0) is 31.9 Å². The number of hydrogen-bond donors (Lipinski definition) is 2. The van der Waals surface area contributed by atoms with E-state index in [0.717, 1.165) is 5.56 Å². The van der Waals surface area contributed by atoms with Gasteiger partial charge in [0.15, 0.2) is 0 Å². The molecule has 15 heavy (non-hydrogen) atoms. The lowest BCUT2D eigenvalue weighted by molar-refractivity contribution is 0.0696. The molecule has 0 radical (unpaired) electrons. The average molecular weight is 230 g/mol. The fourth-order valence-corrected chi connectivity index (χ4v) is 1.13. The van der Waals surface area contributed by atoms with E-state index in [1.165, 1.54) is 0 Å². The lowest BCUT2D eigenvalue weighted by Gasteiger charge is -2.22. The van der Waals surface area contributed by atoms with Crippen LogP contribution in [-0.4, -0.2) is 27.2 Å². The van der Waals surface area contributed by atoms with Crippen molar-refractivity contribution in [3.05, 3.63) is 17.0 Å². The Hall–Kier alpha value is -0.870. The number of rotatable bonds is 4. The van der Waals surface area contributed by atoms with Crippen LogP contribution in [0.5, 0.6) is 0 Å². The van der Waals surface area contributed by atoms with Crippen LogP contribution in [0.15, 0.2) is 6.20 Å². The van der Waals surface area contributed by atoms with Gasteiger partial charge >= 0.3 is 0 Å². The summed E-state index contributed by atoms with van der Waals surface area (Å²) in [6, 6.07) is 0. The topological polar surface area (TPSA) is 58.0 Å². The second-order valence-corrected chi connectivity index (χ2v) is 4.21. The quantitative estimate of drug-likeness (QED) is 0.776. The third-order valence-corrected chi connectivity index (χ3v) is 2.52. The third-order valence-electron chi connectivity index (χ3n) is 2.34. The molecule has 1 aromatic heterocycles. The van der Waals surface area contributed by atoms with Gasteiger partial charge in [-0.3, -0.25) is 0 Å². The Balaban J connectivity index is 2.69. The van der Waals surface area contributed by atoms with E-state index >= 15 is 0 Å². The molecule has 1 atom stereocenters. The summed E-state index contributed by atoms with van der Waals surface area (Å²) in [6.45, 7) is 6.04. The highest BCUT2D eigenvalue weighted by Crippen LogP contribution is 2.15. The molecule has 2 N–H and O–H groups in total. The summed E-state index contributed by atoms with van der Waals surface area (Å²) in [4.78, 5) is 7.90. The molecule has 0 fully saturated rings. The molecule has 0 saturated carbocycles. The average Bonchev–Trinajstić information content (AvgIpc) is 2.20. The number of hydrogen-bond acceptors (Lipinski definition) is 4. The third kappa shape index (κ3) is 3.64. The second-order valence-electron chi connectivity index (χ2n) is 3.87. The molecule has 0 aliphatic heterocycles. The zero-order valence-electron chi connectivity index (χ0n) is 9.21. The maximum Gasteiger partial charge on any atom is 0.224 e. The van der Waals surface area contributed by atoms with Crippen molar-refractivity contribution in [2.45, 2.75) is 32.8 Å². The van der Waals surface area contributed by atoms with E-state index in [1.807, 2.05) is 13.8 Å². The van der Waals surface area contributed by atoms with Crippen LogP contribution in [0.4, 0.5) is 5.82 Å². The van der Waals surface area contributed by atoms with Crippen molar-refractivity contribution in [1.82, 2.24) is 9.97 Å². The number of aliphatic hydroxyl groups is 1. The number of aromatic nitrogens is 2. The molecule has 0 aliphatic carbocycles. The summed E-state index contributed by atoms with van der Waals surface area (Å²) in [5.74, 6) is 0.670. The maximum absolute atomic E-state index is 9.81. The first-order valence-corrected chi connectivity index (χ1v) is 5.28. The Labute approximate surface area is 94.7 Å². The van der Waals surface area contributed by atoms with Crippen LogP contribution in [0.1, 0.15) is 25.8 Å². The Bertz CT molecular complexity index is 341. The molecule has 5 heteroatoms. The Morgan fingerprint density at radius 2 is 2.27 bits per heavy atom. The molecule has 1 aromatic rings. The molecule has 0 amide bonds. The molecule has 0 aromatic carbocycles. The standard InChI is InChI=1S/C10H16ClN3O/c1-4-10(3,15)6-13-8-7(2)5-12-9(11)14-8/h5,15H,4,6H2,1-3H3,(H,12,13,14). The van der Waals surface area contributed by atoms with Crippen molar-refractivity contribution in [2.24, 2.45) is 0 Å². The van der Waals surface area contributed by atoms with Gasteiger partial charge in [0.2, 0.25) is 5.28 Å². The second kappa shape index (κ2) is 4.77. The molecule has 4 nitrogen and oxygen atoms in total. The van der Waals surface area contributed by atoms with Crippen LogP contribution in [0.3, 0.4) is 0 Å². The molecule has 0 aliphatic rings. The van der Waals surface area contributed by atoms with Gasteiger partial charge in [0.25, 0.3) is 0 Å². The van der Waals surface area contributed by atoms with Crippen LogP contribution in [-0.2, 0) is 0 Å².